The van der Waals surface area contributed by atoms with E-state index in [0.717, 1.165) is 0 Å². The largest absolute Gasteiger partial charge is 0.505 e. The number of hydrogen-bond acceptors (Lipinski definition) is 3. The maximum absolute atomic E-state index is 12.2. The maximum Gasteiger partial charge on any atom is 0.258 e. The van der Waals surface area contributed by atoms with Gasteiger partial charge in [-0.25, -0.2) is 0 Å². The van der Waals surface area contributed by atoms with Gasteiger partial charge < -0.3 is 15.7 Å². The number of nitrogens with zero attached hydrogens (tertiary/aromatic N) is 1. The summed E-state index contributed by atoms with van der Waals surface area (Å²) in [5.74, 6) is -0.406. The normalized spacial score (nSPS) is 10.3. The molecule has 0 spiro atoms. The van der Waals surface area contributed by atoms with Crippen molar-refractivity contribution in [1.82, 2.24) is 4.90 Å². The third-order valence-corrected chi connectivity index (χ3v) is 2.51. The van der Waals surface area contributed by atoms with Crippen LogP contribution in [-0.4, -0.2) is 28.5 Å². The van der Waals surface area contributed by atoms with Crippen molar-refractivity contribution in [2.24, 2.45) is 0 Å². The van der Waals surface area contributed by atoms with Crippen LogP contribution in [0.1, 0.15) is 24.2 Å². The van der Waals surface area contributed by atoms with Gasteiger partial charge in [0.15, 0.2) is 5.75 Å². The molecule has 3 N–H and O–H groups in total. The van der Waals surface area contributed by atoms with Crippen LogP contribution in [0.5, 0.6) is 5.75 Å². The zero-order valence-corrected chi connectivity index (χ0v) is 10.2. The highest BCUT2D eigenvalue weighted by molar-refractivity contribution is 5.98. The van der Waals surface area contributed by atoms with Crippen molar-refractivity contribution in [2.45, 2.75) is 19.9 Å². The molecule has 0 aliphatic rings. The number of carbonyl (C=O) groups is 1. The zero-order chi connectivity index (χ0) is 13.0. The van der Waals surface area contributed by atoms with E-state index in [0.29, 0.717) is 6.54 Å². The number of nitrogen functional groups attached to an aromatic ring is 1. The first-order valence-electron chi connectivity index (χ1n) is 5.48. The van der Waals surface area contributed by atoms with E-state index in [9.17, 15) is 9.90 Å². The Morgan fingerprint density at radius 3 is 2.76 bits per heavy atom. The number of amides is 1. The number of phenols is 1. The summed E-state index contributed by atoms with van der Waals surface area (Å²) in [4.78, 5) is 13.8. The highest BCUT2D eigenvalue weighted by Crippen LogP contribution is 2.26. The van der Waals surface area contributed by atoms with Crippen molar-refractivity contribution in [3.05, 3.63) is 36.4 Å². The number of benzene rings is 1. The molecule has 4 heteroatoms. The Morgan fingerprint density at radius 2 is 2.24 bits per heavy atom. The Bertz CT molecular complexity index is 427. The third kappa shape index (κ3) is 2.78. The Balaban J connectivity index is 3.09. The first kappa shape index (κ1) is 13.1. The lowest BCUT2D eigenvalue weighted by molar-refractivity contribution is 0.0726. The number of carbonyl (C=O) groups excluding carboxylic acids is 1. The van der Waals surface area contributed by atoms with Crippen LogP contribution >= 0.6 is 0 Å². The minimum Gasteiger partial charge on any atom is -0.505 e. The molecule has 1 rings (SSSR count). The predicted molar refractivity (Wildman–Crippen MR) is 68.9 cm³/mol. The van der Waals surface area contributed by atoms with Crippen LogP contribution in [0.2, 0.25) is 0 Å². The number of rotatable bonds is 4. The molecule has 0 atom stereocenters. The van der Waals surface area contributed by atoms with E-state index in [2.05, 4.69) is 6.58 Å². The lowest BCUT2D eigenvalue weighted by Gasteiger charge is -2.25. The summed E-state index contributed by atoms with van der Waals surface area (Å²) in [5, 5.41) is 9.77. The maximum atomic E-state index is 12.2. The van der Waals surface area contributed by atoms with Crippen LogP contribution in [-0.2, 0) is 0 Å². The molecule has 0 saturated carbocycles. The van der Waals surface area contributed by atoms with Gasteiger partial charge in [-0.2, -0.15) is 0 Å². The van der Waals surface area contributed by atoms with Gasteiger partial charge in [-0.05, 0) is 26.0 Å². The van der Waals surface area contributed by atoms with Crippen molar-refractivity contribution in [2.75, 3.05) is 12.3 Å². The molecule has 17 heavy (non-hydrogen) atoms. The fourth-order valence-electron chi connectivity index (χ4n) is 1.56. The molecule has 4 nitrogen and oxygen atoms in total. The summed E-state index contributed by atoms with van der Waals surface area (Å²) in [5.41, 5.74) is 6.00. The van der Waals surface area contributed by atoms with Crippen molar-refractivity contribution in [1.29, 1.82) is 0 Å². The van der Waals surface area contributed by atoms with Gasteiger partial charge >= 0.3 is 0 Å². The first-order chi connectivity index (χ1) is 7.99. The third-order valence-electron chi connectivity index (χ3n) is 2.51. The minimum absolute atomic E-state index is 0.0290. The van der Waals surface area contributed by atoms with E-state index < -0.39 is 0 Å². The molecule has 0 saturated heterocycles. The van der Waals surface area contributed by atoms with Gasteiger partial charge in [0, 0.05) is 12.6 Å². The monoisotopic (exact) mass is 234 g/mol. The molecule has 0 unspecified atom stereocenters. The topological polar surface area (TPSA) is 66.6 Å². The van der Waals surface area contributed by atoms with Gasteiger partial charge in [0.1, 0.15) is 0 Å². The van der Waals surface area contributed by atoms with E-state index in [4.69, 9.17) is 5.73 Å². The van der Waals surface area contributed by atoms with E-state index in [1.807, 2.05) is 13.8 Å². The van der Waals surface area contributed by atoms with Gasteiger partial charge in [-0.1, -0.05) is 12.1 Å². The molecule has 0 radical (unpaired) electrons. The fourth-order valence-corrected chi connectivity index (χ4v) is 1.56. The number of para-hydroxylation sites is 1. The Kier molecular flexibility index (Phi) is 4.15. The summed E-state index contributed by atoms with van der Waals surface area (Å²) in [6.07, 6.45) is 1.65. The quantitative estimate of drug-likeness (QED) is 0.476. The molecule has 92 valence electrons. The molecular weight excluding hydrogens is 216 g/mol. The predicted octanol–water partition coefficient (Wildman–Crippen LogP) is 2.01. The van der Waals surface area contributed by atoms with Gasteiger partial charge in [0.25, 0.3) is 5.91 Å². The molecule has 0 bridgehead atoms. The molecule has 0 aliphatic heterocycles. The molecular formula is C13H18N2O2. The summed E-state index contributed by atoms with van der Waals surface area (Å²) < 4.78 is 0. The van der Waals surface area contributed by atoms with Gasteiger partial charge in [0.05, 0.1) is 11.3 Å². The zero-order valence-electron chi connectivity index (χ0n) is 10.2. The summed E-state index contributed by atoms with van der Waals surface area (Å²) in [6.45, 7) is 7.87. The van der Waals surface area contributed by atoms with Crippen molar-refractivity contribution < 1.29 is 9.90 Å². The lowest BCUT2D eigenvalue weighted by Crippen LogP contribution is -2.37. The average molecular weight is 234 g/mol. The summed E-state index contributed by atoms with van der Waals surface area (Å²) in [6, 6.07) is 4.79. The van der Waals surface area contributed by atoms with Crippen LogP contribution in [0.25, 0.3) is 0 Å². The fraction of sp³-hybridized carbons (Fsp3) is 0.308. The van der Waals surface area contributed by atoms with E-state index in [1.54, 1.807) is 29.2 Å². The molecule has 1 aromatic carbocycles. The SMILES string of the molecule is C=CCN(C(=O)c1cccc(N)c1O)C(C)C. The Hall–Kier alpha value is -1.97. The van der Waals surface area contributed by atoms with Crippen LogP contribution in [0.3, 0.4) is 0 Å². The summed E-state index contributed by atoms with van der Waals surface area (Å²) in [7, 11) is 0. The Labute approximate surface area is 101 Å². The molecule has 1 aromatic rings. The molecule has 0 heterocycles. The van der Waals surface area contributed by atoms with Gasteiger partial charge in [-0.15, -0.1) is 6.58 Å². The van der Waals surface area contributed by atoms with Gasteiger partial charge in [0.2, 0.25) is 0 Å². The number of aromatic hydroxyl groups is 1. The Morgan fingerprint density at radius 1 is 1.59 bits per heavy atom. The molecule has 0 aliphatic carbocycles. The second-order valence-corrected chi connectivity index (χ2v) is 4.08. The molecule has 0 aromatic heterocycles. The van der Waals surface area contributed by atoms with E-state index >= 15 is 0 Å². The number of anilines is 1. The lowest BCUT2D eigenvalue weighted by atomic mass is 10.1. The van der Waals surface area contributed by atoms with Crippen molar-refractivity contribution >= 4 is 11.6 Å². The van der Waals surface area contributed by atoms with Crippen molar-refractivity contribution in [3.8, 4) is 5.75 Å². The smallest absolute Gasteiger partial charge is 0.258 e. The number of nitrogens with two attached hydrogens (primary N) is 1. The van der Waals surface area contributed by atoms with E-state index in [1.165, 1.54) is 0 Å². The second-order valence-electron chi connectivity index (χ2n) is 4.08. The minimum atomic E-state index is -0.246. The van der Waals surface area contributed by atoms with Crippen LogP contribution in [0.4, 0.5) is 5.69 Å². The average Bonchev–Trinajstić information content (AvgIpc) is 2.28. The van der Waals surface area contributed by atoms with Crippen LogP contribution < -0.4 is 5.73 Å². The van der Waals surface area contributed by atoms with Crippen LogP contribution in [0.15, 0.2) is 30.9 Å². The highest BCUT2D eigenvalue weighted by atomic mass is 16.3. The second kappa shape index (κ2) is 5.39. The molecule has 0 fully saturated rings. The first-order valence-corrected chi connectivity index (χ1v) is 5.48. The van der Waals surface area contributed by atoms with E-state index in [-0.39, 0.29) is 28.9 Å². The number of phenolic OH excluding ortho intramolecular Hbond substituents is 1. The van der Waals surface area contributed by atoms with Gasteiger partial charge in [-0.3, -0.25) is 4.79 Å². The standard InChI is InChI=1S/C13H18N2O2/c1-4-8-15(9(2)3)13(17)10-6-5-7-11(14)12(10)16/h4-7,9,16H,1,8,14H2,2-3H3. The van der Waals surface area contributed by atoms with Crippen molar-refractivity contribution in [3.63, 3.8) is 0 Å². The summed E-state index contributed by atoms with van der Waals surface area (Å²) >= 11 is 0. The highest BCUT2D eigenvalue weighted by Gasteiger charge is 2.21. The van der Waals surface area contributed by atoms with Crippen LogP contribution in [0, 0.1) is 0 Å². The molecule has 1 amide bonds. The number of hydrogen-bond donors (Lipinski definition) is 2.